The van der Waals surface area contributed by atoms with Crippen LogP contribution in [0.2, 0.25) is 0 Å². The van der Waals surface area contributed by atoms with Crippen molar-refractivity contribution in [1.29, 1.82) is 0 Å². The third-order valence-corrected chi connectivity index (χ3v) is 6.04. The van der Waals surface area contributed by atoms with Crippen molar-refractivity contribution in [1.82, 2.24) is 5.32 Å². The molecule has 5 heteroatoms. The number of esters is 1. The third-order valence-electron chi connectivity index (χ3n) is 6.04. The van der Waals surface area contributed by atoms with Gasteiger partial charge in [0.2, 0.25) is 5.60 Å². The Morgan fingerprint density at radius 1 is 0.926 bits per heavy atom. The summed E-state index contributed by atoms with van der Waals surface area (Å²) in [4.78, 5) is 26.0. The Hall–Kier alpha value is -2.66. The van der Waals surface area contributed by atoms with Gasteiger partial charge in [0.25, 0.3) is 5.91 Å². The topological polar surface area (TPSA) is 81.4 Å². The van der Waals surface area contributed by atoms with E-state index in [0.29, 0.717) is 25.7 Å². The Balaban J connectivity index is 1.73. The van der Waals surface area contributed by atoms with Gasteiger partial charge in [0.15, 0.2) is 0 Å². The van der Waals surface area contributed by atoms with Gasteiger partial charge in [0.05, 0.1) is 5.41 Å². The molecule has 1 heterocycles. The highest BCUT2D eigenvalue weighted by Crippen LogP contribution is 2.43. The van der Waals surface area contributed by atoms with Crippen LogP contribution in [0.15, 0.2) is 54.6 Å². The van der Waals surface area contributed by atoms with Crippen LogP contribution >= 0.6 is 0 Å². The Kier molecular flexibility index (Phi) is 4.48. The van der Waals surface area contributed by atoms with Gasteiger partial charge in [-0.15, -0.1) is 0 Å². The van der Waals surface area contributed by atoms with Gasteiger partial charge >= 0.3 is 5.97 Å². The van der Waals surface area contributed by atoms with E-state index in [0.717, 1.165) is 29.8 Å². The van der Waals surface area contributed by atoms with E-state index in [1.807, 2.05) is 54.6 Å². The first-order valence-electron chi connectivity index (χ1n) is 9.46. The van der Waals surface area contributed by atoms with E-state index in [9.17, 15) is 9.59 Å². The molecule has 0 spiro atoms. The van der Waals surface area contributed by atoms with Gasteiger partial charge in [-0.05, 0) is 43.5 Å². The van der Waals surface area contributed by atoms with Crippen LogP contribution < -0.4 is 11.1 Å². The Labute approximate surface area is 158 Å². The molecule has 0 bridgehead atoms. The standard InChI is InChI=1S/C22H24N2O3/c23-19(25)22(11-10-16-6-4-5-9-18(16)22)27-20(26)21(12-14-24-15-13-21)17-7-2-1-3-8-17/h1-9,24H,10-15H2,(H2,23,25). The van der Waals surface area contributed by atoms with Gasteiger partial charge in [-0.2, -0.15) is 0 Å². The third kappa shape index (κ3) is 2.82. The summed E-state index contributed by atoms with van der Waals surface area (Å²) >= 11 is 0. The molecule has 1 unspecified atom stereocenters. The second-order valence-corrected chi connectivity index (χ2v) is 7.44. The molecule has 1 aliphatic heterocycles. The molecule has 2 aromatic carbocycles. The summed E-state index contributed by atoms with van der Waals surface area (Å²) in [6.45, 7) is 1.45. The van der Waals surface area contributed by atoms with Crippen LogP contribution in [0.25, 0.3) is 0 Å². The van der Waals surface area contributed by atoms with Crippen molar-refractivity contribution in [3.63, 3.8) is 0 Å². The van der Waals surface area contributed by atoms with Crippen LogP contribution in [0.1, 0.15) is 36.0 Å². The fraction of sp³-hybridized carbons (Fsp3) is 0.364. The van der Waals surface area contributed by atoms with Crippen molar-refractivity contribution < 1.29 is 14.3 Å². The predicted octanol–water partition coefficient (Wildman–Crippen LogP) is 2.18. The van der Waals surface area contributed by atoms with Crippen LogP contribution in [0.5, 0.6) is 0 Å². The number of benzene rings is 2. The maximum atomic E-state index is 13.5. The number of hydrogen-bond acceptors (Lipinski definition) is 4. The highest BCUT2D eigenvalue weighted by Gasteiger charge is 2.52. The summed E-state index contributed by atoms with van der Waals surface area (Å²) in [5, 5.41) is 3.31. The number of primary amides is 1. The second-order valence-electron chi connectivity index (χ2n) is 7.44. The zero-order valence-electron chi connectivity index (χ0n) is 15.2. The molecule has 140 valence electrons. The van der Waals surface area contributed by atoms with E-state index in [4.69, 9.17) is 10.5 Å². The molecule has 5 nitrogen and oxygen atoms in total. The van der Waals surface area contributed by atoms with Gasteiger partial charge in [0.1, 0.15) is 0 Å². The maximum Gasteiger partial charge on any atom is 0.318 e. The van der Waals surface area contributed by atoms with Crippen molar-refractivity contribution in [3.8, 4) is 0 Å². The van der Waals surface area contributed by atoms with Gasteiger partial charge in [-0.1, -0.05) is 54.6 Å². The van der Waals surface area contributed by atoms with E-state index >= 15 is 0 Å². The number of amides is 1. The molecular weight excluding hydrogens is 340 g/mol. The summed E-state index contributed by atoms with van der Waals surface area (Å²) < 4.78 is 6.04. The summed E-state index contributed by atoms with van der Waals surface area (Å²) in [7, 11) is 0. The molecule has 1 fully saturated rings. The molecule has 2 aliphatic rings. The van der Waals surface area contributed by atoms with E-state index in [1.165, 1.54) is 0 Å². The lowest BCUT2D eigenvalue weighted by Gasteiger charge is -2.39. The number of hydrogen-bond donors (Lipinski definition) is 2. The molecule has 27 heavy (non-hydrogen) atoms. The summed E-state index contributed by atoms with van der Waals surface area (Å²) in [6.07, 6.45) is 2.33. The second kappa shape index (κ2) is 6.82. The molecule has 1 aliphatic carbocycles. The average Bonchev–Trinajstić information content (AvgIpc) is 3.09. The lowest BCUT2D eigenvalue weighted by molar-refractivity contribution is -0.175. The van der Waals surface area contributed by atoms with Crippen molar-refractivity contribution in [2.24, 2.45) is 5.73 Å². The summed E-state index contributed by atoms with van der Waals surface area (Å²) in [5.74, 6) is -0.955. The molecule has 1 atom stereocenters. The highest BCUT2D eigenvalue weighted by molar-refractivity contribution is 5.92. The molecule has 0 aromatic heterocycles. The van der Waals surface area contributed by atoms with E-state index < -0.39 is 16.9 Å². The first-order valence-corrected chi connectivity index (χ1v) is 9.46. The lowest BCUT2D eigenvalue weighted by atomic mass is 9.73. The van der Waals surface area contributed by atoms with Crippen molar-refractivity contribution >= 4 is 11.9 Å². The van der Waals surface area contributed by atoms with E-state index in [2.05, 4.69) is 5.32 Å². The van der Waals surface area contributed by atoms with Crippen LogP contribution in [-0.2, 0) is 31.8 Å². The molecule has 3 N–H and O–H groups in total. The van der Waals surface area contributed by atoms with Crippen LogP contribution in [0, 0.1) is 0 Å². The maximum absolute atomic E-state index is 13.5. The number of aryl methyl sites for hydroxylation is 1. The summed E-state index contributed by atoms with van der Waals surface area (Å²) in [5.41, 5.74) is 6.32. The van der Waals surface area contributed by atoms with Crippen LogP contribution in [0.3, 0.4) is 0 Å². The Morgan fingerprint density at radius 2 is 1.59 bits per heavy atom. The number of ether oxygens (including phenoxy) is 1. The van der Waals surface area contributed by atoms with Crippen molar-refractivity contribution in [2.45, 2.75) is 36.7 Å². The normalized spacial score (nSPS) is 23.4. The molecule has 0 saturated carbocycles. The van der Waals surface area contributed by atoms with Gasteiger partial charge < -0.3 is 15.8 Å². The number of carbonyl (C=O) groups excluding carboxylic acids is 2. The first kappa shape index (κ1) is 17.7. The number of rotatable bonds is 4. The van der Waals surface area contributed by atoms with Crippen LogP contribution in [0.4, 0.5) is 0 Å². The van der Waals surface area contributed by atoms with Crippen molar-refractivity contribution in [3.05, 3.63) is 71.3 Å². The monoisotopic (exact) mass is 364 g/mol. The predicted molar refractivity (Wildman–Crippen MR) is 102 cm³/mol. The highest BCUT2D eigenvalue weighted by atomic mass is 16.6. The lowest BCUT2D eigenvalue weighted by Crippen LogP contribution is -2.51. The van der Waals surface area contributed by atoms with Gasteiger partial charge in [-0.3, -0.25) is 9.59 Å². The van der Waals surface area contributed by atoms with Gasteiger partial charge in [0, 0.05) is 12.0 Å². The van der Waals surface area contributed by atoms with Crippen molar-refractivity contribution in [2.75, 3.05) is 13.1 Å². The Morgan fingerprint density at radius 3 is 2.30 bits per heavy atom. The minimum atomic E-state index is -1.37. The van der Waals surface area contributed by atoms with Crippen LogP contribution in [-0.4, -0.2) is 25.0 Å². The molecule has 1 saturated heterocycles. The number of piperidine rings is 1. The largest absolute Gasteiger partial charge is 0.443 e. The summed E-state index contributed by atoms with van der Waals surface area (Å²) in [6, 6.07) is 17.3. The number of nitrogens with one attached hydrogen (secondary N) is 1. The average molecular weight is 364 g/mol. The molecule has 1 amide bonds. The van der Waals surface area contributed by atoms with E-state index in [-0.39, 0.29) is 5.97 Å². The minimum absolute atomic E-state index is 0.356. The molecule has 2 aromatic rings. The zero-order valence-corrected chi connectivity index (χ0v) is 15.2. The van der Waals surface area contributed by atoms with E-state index in [1.54, 1.807) is 0 Å². The minimum Gasteiger partial charge on any atom is -0.443 e. The Bertz CT molecular complexity index is 859. The molecule has 4 rings (SSSR count). The fourth-order valence-electron chi connectivity index (χ4n) is 4.47. The SMILES string of the molecule is NC(=O)C1(OC(=O)C2(c3ccccc3)CCNCC2)CCc2ccccc21. The molecular formula is C22H24N2O3. The van der Waals surface area contributed by atoms with Gasteiger partial charge in [-0.25, -0.2) is 0 Å². The number of nitrogens with two attached hydrogens (primary N) is 1. The quantitative estimate of drug-likeness (QED) is 0.815. The smallest absolute Gasteiger partial charge is 0.318 e. The fourth-order valence-corrected chi connectivity index (χ4v) is 4.47. The number of fused-ring (bicyclic) bond motifs is 1. The number of carbonyl (C=O) groups is 2. The first-order chi connectivity index (χ1) is 13.1. The molecule has 0 radical (unpaired) electrons. The zero-order chi connectivity index (χ0) is 18.9.